The molecule has 3 aromatic rings. The maximum Gasteiger partial charge on any atom is 0.243 e. The molecule has 2 aromatic carbocycles. The number of hydrogen-bond acceptors (Lipinski definition) is 6. The molecule has 1 aliphatic heterocycles. The summed E-state index contributed by atoms with van der Waals surface area (Å²) >= 11 is 5.49. The van der Waals surface area contributed by atoms with Gasteiger partial charge in [-0.05, 0) is 46.9 Å². The summed E-state index contributed by atoms with van der Waals surface area (Å²) < 4.78 is 30.8. The van der Waals surface area contributed by atoms with Gasteiger partial charge in [0.05, 0.1) is 17.3 Å². The van der Waals surface area contributed by atoms with E-state index in [9.17, 15) is 8.42 Å². The van der Waals surface area contributed by atoms with Crippen molar-refractivity contribution in [3.8, 4) is 5.69 Å². The molecule has 0 radical (unpaired) electrons. The normalized spacial score (nSPS) is 16.3. The van der Waals surface area contributed by atoms with Crippen LogP contribution in [0.3, 0.4) is 0 Å². The third-order valence-electron chi connectivity index (χ3n) is 4.69. The second-order valence-electron chi connectivity index (χ2n) is 6.48. The zero-order valence-corrected chi connectivity index (χ0v) is 16.8. The van der Waals surface area contributed by atoms with Crippen LogP contribution in [0.4, 0.5) is 0 Å². The van der Waals surface area contributed by atoms with E-state index < -0.39 is 10.0 Å². The molecule has 0 bridgehead atoms. The van der Waals surface area contributed by atoms with Crippen LogP contribution in [0.5, 0.6) is 0 Å². The molecule has 0 saturated carbocycles. The Morgan fingerprint density at radius 2 is 1.46 bits per heavy atom. The first kappa shape index (κ1) is 18.9. The third kappa shape index (κ3) is 3.76. The zero-order valence-electron chi connectivity index (χ0n) is 15.1. The number of aromatic nitrogens is 4. The molecule has 146 valence electrons. The van der Waals surface area contributed by atoms with E-state index in [-0.39, 0.29) is 0 Å². The number of para-hydroxylation sites is 1. The highest BCUT2D eigenvalue weighted by Gasteiger charge is 2.28. The SMILES string of the molecule is O=S(=O)(c1ccccc1)N1CCN(Cn2nnn(-c3ccccc3)c2=S)CC1. The van der Waals surface area contributed by atoms with E-state index in [0.29, 0.717) is 42.5 Å². The van der Waals surface area contributed by atoms with Gasteiger partial charge < -0.3 is 0 Å². The Bertz CT molecular complexity index is 1090. The van der Waals surface area contributed by atoms with Crippen LogP contribution in [0.1, 0.15) is 0 Å². The lowest BCUT2D eigenvalue weighted by Gasteiger charge is -2.33. The maximum atomic E-state index is 12.7. The van der Waals surface area contributed by atoms with Gasteiger partial charge in [0.1, 0.15) is 0 Å². The first-order valence-corrected chi connectivity index (χ1v) is 10.8. The molecule has 1 fully saturated rings. The number of nitrogens with zero attached hydrogens (tertiary/aromatic N) is 6. The molecule has 4 rings (SSSR count). The Kier molecular flexibility index (Phi) is 5.36. The first-order valence-electron chi connectivity index (χ1n) is 8.91. The van der Waals surface area contributed by atoms with E-state index in [1.807, 2.05) is 36.4 Å². The molecule has 0 N–H and O–H groups in total. The van der Waals surface area contributed by atoms with Gasteiger partial charge in [-0.3, -0.25) is 4.90 Å². The highest BCUT2D eigenvalue weighted by Crippen LogP contribution is 2.17. The predicted molar refractivity (Wildman–Crippen MR) is 107 cm³/mol. The predicted octanol–water partition coefficient (Wildman–Crippen LogP) is 1.76. The summed E-state index contributed by atoms with van der Waals surface area (Å²) in [5.74, 6) is 0. The average molecular weight is 417 g/mol. The average Bonchev–Trinajstić information content (AvgIpc) is 3.10. The number of rotatable bonds is 5. The van der Waals surface area contributed by atoms with E-state index in [2.05, 4.69) is 15.3 Å². The molecule has 1 aliphatic rings. The summed E-state index contributed by atoms with van der Waals surface area (Å²) in [5.41, 5.74) is 0.859. The molecule has 10 heteroatoms. The number of sulfonamides is 1. The lowest BCUT2D eigenvalue weighted by molar-refractivity contribution is 0.144. The van der Waals surface area contributed by atoms with E-state index in [4.69, 9.17) is 12.2 Å². The second-order valence-corrected chi connectivity index (χ2v) is 8.79. The van der Waals surface area contributed by atoms with Gasteiger partial charge >= 0.3 is 0 Å². The van der Waals surface area contributed by atoms with Crippen molar-refractivity contribution in [3.05, 3.63) is 65.4 Å². The van der Waals surface area contributed by atoms with Crippen LogP contribution in [0.15, 0.2) is 65.6 Å². The van der Waals surface area contributed by atoms with Crippen molar-refractivity contribution in [1.82, 2.24) is 29.0 Å². The van der Waals surface area contributed by atoms with Crippen molar-refractivity contribution in [1.29, 1.82) is 0 Å². The van der Waals surface area contributed by atoms with Crippen LogP contribution < -0.4 is 0 Å². The second kappa shape index (κ2) is 7.92. The molecule has 0 amide bonds. The van der Waals surface area contributed by atoms with Crippen LogP contribution in [-0.2, 0) is 16.7 Å². The van der Waals surface area contributed by atoms with Crippen LogP contribution >= 0.6 is 12.2 Å². The largest absolute Gasteiger partial charge is 0.282 e. The van der Waals surface area contributed by atoms with Crippen molar-refractivity contribution in [2.75, 3.05) is 26.2 Å². The molecule has 0 unspecified atom stereocenters. The Balaban J connectivity index is 1.42. The molecule has 2 heterocycles. The van der Waals surface area contributed by atoms with Gasteiger partial charge in [-0.15, -0.1) is 0 Å². The van der Waals surface area contributed by atoms with Crippen LogP contribution in [0.2, 0.25) is 0 Å². The molecule has 0 spiro atoms. The lowest BCUT2D eigenvalue weighted by Crippen LogP contribution is -2.48. The molecule has 0 atom stereocenters. The Morgan fingerprint density at radius 3 is 2.11 bits per heavy atom. The fourth-order valence-corrected chi connectivity index (χ4v) is 4.82. The van der Waals surface area contributed by atoms with Crippen LogP contribution in [-0.4, -0.2) is 63.6 Å². The fraction of sp³-hybridized carbons (Fsp3) is 0.278. The molecular weight excluding hydrogens is 396 g/mol. The summed E-state index contributed by atoms with van der Waals surface area (Å²) in [5, 5.41) is 8.29. The van der Waals surface area contributed by atoms with Gasteiger partial charge in [0.15, 0.2) is 0 Å². The smallest absolute Gasteiger partial charge is 0.243 e. The van der Waals surface area contributed by atoms with Gasteiger partial charge in [-0.1, -0.05) is 36.4 Å². The lowest BCUT2D eigenvalue weighted by atomic mass is 10.3. The van der Waals surface area contributed by atoms with Crippen LogP contribution in [0.25, 0.3) is 5.69 Å². The highest BCUT2D eigenvalue weighted by atomic mass is 32.2. The first-order chi connectivity index (χ1) is 13.6. The standard InChI is InChI=1S/C18H20N6O2S2/c25-28(26,17-9-5-2-6-10-17)22-13-11-21(12-14-22)15-23-18(27)24(20-19-23)16-7-3-1-4-8-16/h1-10H,11-15H2. The number of benzene rings is 2. The van der Waals surface area contributed by atoms with Crippen molar-refractivity contribution >= 4 is 22.2 Å². The molecule has 28 heavy (non-hydrogen) atoms. The summed E-state index contributed by atoms with van der Waals surface area (Å²) in [6.45, 7) is 2.54. The highest BCUT2D eigenvalue weighted by molar-refractivity contribution is 7.89. The van der Waals surface area contributed by atoms with E-state index in [0.717, 1.165) is 5.69 Å². The quantitative estimate of drug-likeness (QED) is 0.590. The number of tetrazole rings is 1. The van der Waals surface area contributed by atoms with Crippen LogP contribution in [0, 0.1) is 4.77 Å². The van der Waals surface area contributed by atoms with Crippen molar-refractivity contribution < 1.29 is 8.42 Å². The zero-order chi connectivity index (χ0) is 19.6. The fourth-order valence-electron chi connectivity index (χ4n) is 3.14. The summed E-state index contributed by atoms with van der Waals surface area (Å²) in [7, 11) is -3.45. The van der Waals surface area contributed by atoms with Gasteiger partial charge in [-0.2, -0.15) is 8.99 Å². The van der Waals surface area contributed by atoms with Gasteiger partial charge in [-0.25, -0.2) is 13.1 Å². The number of piperazine rings is 1. The Labute approximate surface area is 168 Å². The Hall–Kier alpha value is -2.40. The molecule has 1 aromatic heterocycles. The maximum absolute atomic E-state index is 12.7. The van der Waals surface area contributed by atoms with E-state index in [1.165, 1.54) is 4.31 Å². The topological polar surface area (TPSA) is 76.3 Å². The summed E-state index contributed by atoms with van der Waals surface area (Å²) in [6, 6.07) is 18.1. The van der Waals surface area contributed by atoms with Crippen molar-refractivity contribution in [3.63, 3.8) is 0 Å². The van der Waals surface area contributed by atoms with E-state index in [1.54, 1.807) is 33.6 Å². The Morgan fingerprint density at radius 1 is 0.857 bits per heavy atom. The summed E-state index contributed by atoms with van der Waals surface area (Å²) in [4.78, 5) is 2.45. The van der Waals surface area contributed by atoms with E-state index >= 15 is 0 Å². The van der Waals surface area contributed by atoms with Gasteiger partial charge in [0.2, 0.25) is 14.8 Å². The molecule has 1 saturated heterocycles. The minimum Gasteiger partial charge on any atom is -0.282 e. The van der Waals surface area contributed by atoms with Gasteiger partial charge in [0.25, 0.3) is 0 Å². The minimum atomic E-state index is -3.45. The minimum absolute atomic E-state index is 0.330. The van der Waals surface area contributed by atoms with Gasteiger partial charge in [0, 0.05) is 26.2 Å². The third-order valence-corrected chi connectivity index (χ3v) is 6.98. The number of hydrogen-bond donors (Lipinski definition) is 0. The van der Waals surface area contributed by atoms with Crippen molar-refractivity contribution in [2.45, 2.75) is 11.6 Å². The molecular formula is C18H20N6O2S2. The molecule has 0 aliphatic carbocycles. The van der Waals surface area contributed by atoms with Crippen molar-refractivity contribution in [2.24, 2.45) is 0 Å². The molecule has 8 nitrogen and oxygen atoms in total. The monoisotopic (exact) mass is 416 g/mol. The summed E-state index contributed by atoms with van der Waals surface area (Å²) in [6.07, 6.45) is 0.